The molecule has 0 fully saturated rings. The van der Waals surface area contributed by atoms with Crippen LogP contribution in [0.4, 0.5) is 0 Å². The number of carbonyl (C=O) groups excluding carboxylic acids is 1. The number of aliphatic hydroxyl groups excluding tert-OH is 3. The third-order valence-corrected chi connectivity index (χ3v) is 3.03. The zero-order valence-corrected chi connectivity index (χ0v) is 9.33. The van der Waals surface area contributed by atoms with Gasteiger partial charge in [-0.05, 0) is 24.5 Å². The van der Waals surface area contributed by atoms with E-state index in [0.717, 1.165) is 6.42 Å². The van der Waals surface area contributed by atoms with E-state index in [1.54, 1.807) is 0 Å². The van der Waals surface area contributed by atoms with E-state index in [2.05, 4.69) is 4.98 Å². The van der Waals surface area contributed by atoms with Crippen molar-refractivity contribution in [1.82, 2.24) is 4.98 Å². The lowest BCUT2D eigenvalue weighted by Gasteiger charge is -2.22. The molecule has 0 aliphatic heterocycles. The standard InChI is InChI=1S/C12H15NO4/c14-6-10(16)12(17)7-4-5-13-8-2-1-3-9(15)11(7)8/h4-5,10,12,14,16-17H,1-3,6H2/t10-,12-/m1/s1. The van der Waals surface area contributed by atoms with Gasteiger partial charge in [-0.2, -0.15) is 0 Å². The van der Waals surface area contributed by atoms with Gasteiger partial charge in [0.15, 0.2) is 5.78 Å². The summed E-state index contributed by atoms with van der Waals surface area (Å²) in [6, 6.07) is 1.52. The van der Waals surface area contributed by atoms with Crippen LogP contribution < -0.4 is 0 Å². The second-order valence-electron chi connectivity index (χ2n) is 4.19. The second kappa shape index (κ2) is 4.91. The summed E-state index contributed by atoms with van der Waals surface area (Å²) in [5, 5.41) is 28.1. The van der Waals surface area contributed by atoms with Gasteiger partial charge in [0, 0.05) is 18.2 Å². The average molecular weight is 237 g/mol. The molecule has 1 aromatic rings. The first-order chi connectivity index (χ1) is 8.15. The van der Waals surface area contributed by atoms with Crippen LogP contribution in [-0.2, 0) is 6.42 Å². The van der Waals surface area contributed by atoms with Crippen LogP contribution >= 0.6 is 0 Å². The quantitative estimate of drug-likeness (QED) is 0.687. The molecule has 0 amide bonds. The minimum absolute atomic E-state index is 0.0569. The van der Waals surface area contributed by atoms with E-state index < -0.39 is 18.8 Å². The van der Waals surface area contributed by atoms with Gasteiger partial charge in [-0.15, -0.1) is 0 Å². The molecule has 0 spiro atoms. The fraction of sp³-hybridized carbons (Fsp3) is 0.500. The zero-order chi connectivity index (χ0) is 12.4. The largest absolute Gasteiger partial charge is 0.394 e. The summed E-state index contributed by atoms with van der Waals surface area (Å²) in [6.45, 7) is -0.549. The van der Waals surface area contributed by atoms with Crippen molar-refractivity contribution < 1.29 is 20.1 Å². The normalized spacial score (nSPS) is 18.6. The molecule has 0 saturated heterocycles. The first-order valence-corrected chi connectivity index (χ1v) is 5.63. The topological polar surface area (TPSA) is 90.7 Å². The molecule has 5 nitrogen and oxygen atoms in total. The van der Waals surface area contributed by atoms with Crippen LogP contribution in [0.1, 0.15) is 40.6 Å². The molecule has 17 heavy (non-hydrogen) atoms. The fourth-order valence-electron chi connectivity index (χ4n) is 2.13. The summed E-state index contributed by atoms with van der Waals surface area (Å²) < 4.78 is 0. The van der Waals surface area contributed by atoms with Crippen molar-refractivity contribution in [3.05, 3.63) is 29.1 Å². The number of aromatic nitrogens is 1. The van der Waals surface area contributed by atoms with E-state index >= 15 is 0 Å². The monoisotopic (exact) mass is 237 g/mol. The lowest BCUT2D eigenvalue weighted by Crippen LogP contribution is -2.26. The molecule has 0 unspecified atom stereocenters. The van der Waals surface area contributed by atoms with Gasteiger partial charge in [0.05, 0.1) is 12.3 Å². The highest BCUT2D eigenvalue weighted by Crippen LogP contribution is 2.28. The predicted octanol–water partition coefficient (Wildman–Crippen LogP) is -0.0128. The second-order valence-corrected chi connectivity index (χ2v) is 4.19. The van der Waals surface area contributed by atoms with Gasteiger partial charge < -0.3 is 15.3 Å². The molecule has 0 aromatic carbocycles. The molecule has 1 aliphatic rings. The Morgan fingerprint density at radius 2 is 2.12 bits per heavy atom. The number of rotatable bonds is 3. The van der Waals surface area contributed by atoms with Crippen LogP contribution in [0.25, 0.3) is 0 Å². The third-order valence-electron chi connectivity index (χ3n) is 3.03. The van der Waals surface area contributed by atoms with Crippen LogP contribution in [0.3, 0.4) is 0 Å². The Morgan fingerprint density at radius 3 is 2.82 bits per heavy atom. The van der Waals surface area contributed by atoms with Crippen molar-refractivity contribution in [2.45, 2.75) is 31.5 Å². The Labute approximate surface area is 98.7 Å². The van der Waals surface area contributed by atoms with E-state index in [0.29, 0.717) is 29.7 Å². The molecule has 1 aliphatic carbocycles. The number of hydrogen-bond donors (Lipinski definition) is 3. The number of aliphatic hydroxyl groups is 3. The highest BCUT2D eigenvalue weighted by Gasteiger charge is 2.27. The molecular weight excluding hydrogens is 222 g/mol. The van der Waals surface area contributed by atoms with Gasteiger partial charge >= 0.3 is 0 Å². The third kappa shape index (κ3) is 2.22. The van der Waals surface area contributed by atoms with Crippen molar-refractivity contribution in [2.24, 2.45) is 0 Å². The molecule has 1 aromatic heterocycles. The molecular formula is C12H15NO4. The predicted molar refractivity (Wildman–Crippen MR) is 59.6 cm³/mol. The molecule has 5 heteroatoms. The number of pyridine rings is 1. The number of aryl methyl sites for hydroxylation is 1. The Balaban J connectivity index is 2.44. The van der Waals surface area contributed by atoms with Gasteiger partial charge in [0.1, 0.15) is 12.2 Å². The molecule has 3 N–H and O–H groups in total. The smallest absolute Gasteiger partial charge is 0.165 e. The van der Waals surface area contributed by atoms with Gasteiger partial charge in [-0.25, -0.2) is 0 Å². The Kier molecular flexibility index (Phi) is 3.51. The van der Waals surface area contributed by atoms with E-state index in [-0.39, 0.29) is 5.78 Å². The molecule has 0 saturated carbocycles. The van der Waals surface area contributed by atoms with Crippen molar-refractivity contribution in [1.29, 1.82) is 0 Å². The molecule has 92 valence electrons. The summed E-state index contributed by atoms with van der Waals surface area (Å²) >= 11 is 0. The van der Waals surface area contributed by atoms with E-state index in [9.17, 15) is 15.0 Å². The highest BCUT2D eigenvalue weighted by atomic mass is 16.4. The molecule has 0 bridgehead atoms. The van der Waals surface area contributed by atoms with E-state index in [1.807, 2.05) is 0 Å². The number of nitrogens with zero attached hydrogens (tertiary/aromatic N) is 1. The number of Topliss-reactive ketones (excluding diaryl/α,β-unsaturated/α-hetero) is 1. The number of fused-ring (bicyclic) bond motifs is 1. The number of ketones is 1. The van der Waals surface area contributed by atoms with Crippen LogP contribution in [0, 0.1) is 0 Å². The van der Waals surface area contributed by atoms with E-state index in [1.165, 1.54) is 12.3 Å². The number of carbonyl (C=O) groups is 1. The van der Waals surface area contributed by atoms with Crippen LogP contribution in [0.15, 0.2) is 12.3 Å². The van der Waals surface area contributed by atoms with E-state index in [4.69, 9.17) is 5.11 Å². The fourth-order valence-corrected chi connectivity index (χ4v) is 2.13. The maximum absolute atomic E-state index is 11.8. The first-order valence-electron chi connectivity index (χ1n) is 5.63. The zero-order valence-electron chi connectivity index (χ0n) is 9.33. The summed E-state index contributed by atoms with van der Waals surface area (Å²) in [4.78, 5) is 15.9. The molecule has 2 atom stereocenters. The Morgan fingerprint density at radius 1 is 1.35 bits per heavy atom. The van der Waals surface area contributed by atoms with Crippen molar-refractivity contribution in [2.75, 3.05) is 6.61 Å². The van der Waals surface area contributed by atoms with Crippen molar-refractivity contribution in [3.63, 3.8) is 0 Å². The Hall–Kier alpha value is -1.30. The Bertz CT molecular complexity index is 433. The van der Waals surface area contributed by atoms with Crippen LogP contribution in [-0.4, -0.2) is 38.8 Å². The number of hydrogen-bond acceptors (Lipinski definition) is 5. The van der Waals surface area contributed by atoms with Gasteiger partial charge in [-0.1, -0.05) is 0 Å². The highest BCUT2D eigenvalue weighted by molar-refractivity contribution is 5.99. The average Bonchev–Trinajstić information content (AvgIpc) is 2.36. The van der Waals surface area contributed by atoms with Crippen LogP contribution in [0.5, 0.6) is 0 Å². The molecule has 1 heterocycles. The summed E-state index contributed by atoms with van der Waals surface area (Å²) in [5.74, 6) is -0.0569. The lowest BCUT2D eigenvalue weighted by molar-refractivity contribution is -0.0156. The molecule has 0 radical (unpaired) electrons. The van der Waals surface area contributed by atoms with Gasteiger partial charge in [-0.3, -0.25) is 9.78 Å². The van der Waals surface area contributed by atoms with Crippen molar-refractivity contribution in [3.8, 4) is 0 Å². The first kappa shape index (κ1) is 12.2. The summed E-state index contributed by atoms with van der Waals surface area (Å²) in [5.41, 5.74) is 1.45. The minimum Gasteiger partial charge on any atom is -0.394 e. The summed E-state index contributed by atoms with van der Waals surface area (Å²) in [6.07, 6.45) is 0.890. The van der Waals surface area contributed by atoms with Crippen molar-refractivity contribution >= 4 is 5.78 Å². The maximum atomic E-state index is 11.8. The SMILES string of the molecule is O=C1CCCc2nccc([C@@H](O)[C@H](O)CO)c21. The maximum Gasteiger partial charge on any atom is 0.165 e. The minimum atomic E-state index is -1.28. The van der Waals surface area contributed by atoms with Crippen LogP contribution in [0.2, 0.25) is 0 Å². The molecule has 2 rings (SSSR count). The lowest BCUT2D eigenvalue weighted by atomic mass is 9.88. The van der Waals surface area contributed by atoms with Gasteiger partial charge in [0.2, 0.25) is 0 Å². The summed E-state index contributed by atoms with van der Waals surface area (Å²) in [7, 11) is 0. The van der Waals surface area contributed by atoms with Gasteiger partial charge in [0.25, 0.3) is 0 Å².